The molecule has 3 N–H and O–H groups in total. The Labute approximate surface area is 151 Å². The van der Waals surface area contributed by atoms with E-state index in [1.54, 1.807) is 20.8 Å². The molecule has 0 bridgehead atoms. The summed E-state index contributed by atoms with van der Waals surface area (Å²) in [6, 6.07) is 0. The molecule has 0 heterocycles. The molecule has 0 aliphatic carbocycles. The molecule has 0 fully saturated rings. The van der Waals surface area contributed by atoms with Gasteiger partial charge >= 0.3 is 6.09 Å². The number of nitrogens with one attached hydrogen (secondary N) is 1. The second-order valence-corrected chi connectivity index (χ2v) is 7.72. The fraction of sp³-hybridized carbons (Fsp3) is 0.941. The highest BCUT2D eigenvalue weighted by atomic mass is 79.9. The number of ether oxygens (including phenoxy) is 1. The van der Waals surface area contributed by atoms with Crippen LogP contribution < -0.4 is 5.32 Å². The zero-order chi connectivity index (χ0) is 18.9. The Morgan fingerprint density at radius 1 is 1.04 bits per heavy atom. The first-order chi connectivity index (χ1) is 10.5. The van der Waals surface area contributed by atoms with E-state index in [4.69, 9.17) is 14.9 Å². The molecule has 0 rings (SSSR count). The SMILES string of the molecule is CC(C)(C)OC(=O)NCCO.CC(C)CCBr.CC(C)CCO. The molecule has 1 amide bonds. The van der Waals surface area contributed by atoms with Crippen LogP contribution in [0.15, 0.2) is 0 Å². The number of halogens is 1. The van der Waals surface area contributed by atoms with E-state index in [0.29, 0.717) is 12.5 Å². The molecule has 0 saturated heterocycles. The third kappa shape index (κ3) is 39.0. The summed E-state index contributed by atoms with van der Waals surface area (Å²) in [6.45, 7) is 14.5. The summed E-state index contributed by atoms with van der Waals surface area (Å²) in [6.07, 6.45) is 1.73. The minimum atomic E-state index is -0.494. The number of carbonyl (C=O) groups is 1. The molecular weight excluding hydrogens is 362 g/mol. The molecule has 0 atom stereocenters. The van der Waals surface area contributed by atoms with Gasteiger partial charge in [-0.1, -0.05) is 43.6 Å². The largest absolute Gasteiger partial charge is 0.444 e. The summed E-state index contributed by atoms with van der Waals surface area (Å²) in [4.78, 5) is 10.8. The monoisotopic (exact) mass is 399 g/mol. The number of rotatable bonds is 6. The van der Waals surface area contributed by atoms with Crippen molar-refractivity contribution >= 4 is 22.0 Å². The van der Waals surface area contributed by atoms with Gasteiger partial charge in [0, 0.05) is 18.5 Å². The number of hydrogen-bond acceptors (Lipinski definition) is 4. The molecule has 0 radical (unpaired) electrons. The summed E-state index contributed by atoms with van der Waals surface area (Å²) >= 11 is 3.35. The lowest BCUT2D eigenvalue weighted by Crippen LogP contribution is -2.33. The Balaban J connectivity index is -0.000000284. The maximum absolute atomic E-state index is 10.8. The first kappa shape index (κ1) is 27.5. The Bertz CT molecular complexity index is 243. The number of alkyl carbamates (subject to hydrolysis) is 1. The Morgan fingerprint density at radius 2 is 1.52 bits per heavy atom. The zero-order valence-corrected chi connectivity index (χ0v) is 17.6. The molecule has 0 aromatic carbocycles. The zero-order valence-electron chi connectivity index (χ0n) is 16.0. The van der Waals surface area contributed by atoms with Crippen molar-refractivity contribution in [3.63, 3.8) is 0 Å². The molecule has 142 valence electrons. The van der Waals surface area contributed by atoms with Crippen LogP contribution in [0.5, 0.6) is 0 Å². The van der Waals surface area contributed by atoms with Gasteiger partial charge in [0.15, 0.2) is 0 Å². The van der Waals surface area contributed by atoms with E-state index < -0.39 is 11.7 Å². The van der Waals surface area contributed by atoms with E-state index in [0.717, 1.165) is 17.7 Å². The average Bonchev–Trinajstić information content (AvgIpc) is 2.35. The van der Waals surface area contributed by atoms with Crippen molar-refractivity contribution in [1.29, 1.82) is 0 Å². The van der Waals surface area contributed by atoms with Crippen LogP contribution in [-0.4, -0.2) is 47.0 Å². The van der Waals surface area contributed by atoms with Gasteiger partial charge < -0.3 is 20.3 Å². The lowest BCUT2D eigenvalue weighted by molar-refractivity contribution is 0.0518. The minimum Gasteiger partial charge on any atom is -0.444 e. The molecule has 5 nitrogen and oxygen atoms in total. The highest BCUT2D eigenvalue weighted by Crippen LogP contribution is 2.05. The van der Waals surface area contributed by atoms with Crippen LogP contribution >= 0.6 is 15.9 Å². The van der Waals surface area contributed by atoms with E-state index in [1.165, 1.54) is 6.42 Å². The first-order valence-corrected chi connectivity index (χ1v) is 9.36. The number of alkyl halides is 1. The molecule has 0 aliphatic rings. The van der Waals surface area contributed by atoms with Gasteiger partial charge in [0.05, 0.1) is 6.61 Å². The van der Waals surface area contributed by atoms with Crippen molar-refractivity contribution in [2.24, 2.45) is 11.8 Å². The quantitative estimate of drug-likeness (QED) is 0.590. The smallest absolute Gasteiger partial charge is 0.407 e. The standard InChI is InChI=1S/C7H15NO3.C5H11Br.C5H12O/c1-7(2,3)11-6(10)8-4-5-9;2*1-5(2)3-4-6/h9H,4-5H2,1-3H3,(H,8,10);5H,3-4H2,1-2H3;5-6H,3-4H2,1-2H3. The Hall–Kier alpha value is -0.330. The van der Waals surface area contributed by atoms with Gasteiger partial charge in [-0.05, 0) is 45.4 Å². The maximum atomic E-state index is 10.8. The van der Waals surface area contributed by atoms with Gasteiger partial charge in [-0.2, -0.15) is 0 Å². The molecule has 23 heavy (non-hydrogen) atoms. The van der Waals surface area contributed by atoms with E-state index in [2.05, 4.69) is 48.9 Å². The van der Waals surface area contributed by atoms with E-state index in [1.807, 2.05) is 0 Å². The van der Waals surface area contributed by atoms with Gasteiger partial charge in [0.25, 0.3) is 0 Å². The van der Waals surface area contributed by atoms with Crippen LogP contribution in [0.4, 0.5) is 4.79 Å². The van der Waals surface area contributed by atoms with Crippen LogP contribution in [0.1, 0.15) is 61.3 Å². The summed E-state index contributed by atoms with van der Waals surface area (Å²) in [5.41, 5.74) is -0.473. The predicted octanol–water partition coefficient (Wildman–Crippen LogP) is 3.96. The number of amides is 1. The third-order valence-electron chi connectivity index (χ3n) is 2.17. The van der Waals surface area contributed by atoms with Gasteiger partial charge in [-0.15, -0.1) is 0 Å². The average molecular weight is 400 g/mol. The molecule has 0 saturated carbocycles. The second-order valence-electron chi connectivity index (χ2n) is 6.93. The molecule has 0 aromatic heterocycles. The van der Waals surface area contributed by atoms with E-state index in [9.17, 15) is 4.79 Å². The summed E-state index contributed by atoms with van der Waals surface area (Å²) in [5, 5.41) is 20.1. The van der Waals surface area contributed by atoms with E-state index >= 15 is 0 Å². The lowest BCUT2D eigenvalue weighted by Gasteiger charge is -2.19. The topological polar surface area (TPSA) is 78.8 Å². The molecule has 0 spiro atoms. The Kier molecular flexibility index (Phi) is 21.6. The lowest BCUT2D eigenvalue weighted by atomic mass is 10.2. The third-order valence-corrected chi connectivity index (χ3v) is 2.63. The predicted molar refractivity (Wildman–Crippen MR) is 101 cm³/mol. The number of carbonyl (C=O) groups excluding carboxylic acids is 1. The number of aliphatic hydroxyl groups excluding tert-OH is 2. The molecule has 0 aromatic rings. The van der Waals surface area contributed by atoms with Crippen LogP contribution in [0.2, 0.25) is 0 Å². The normalized spacial score (nSPS) is 10.4. The molecule has 0 unspecified atom stereocenters. The van der Waals surface area contributed by atoms with Gasteiger partial charge in [-0.25, -0.2) is 4.79 Å². The molecule has 0 aliphatic heterocycles. The van der Waals surface area contributed by atoms with Crippen molar-refractivity contribution in [2.75, 3.05) is 25.1 Å². The van der Waals surface area contributed by atoms with Crippen LogP contribution in [-0.2, 0) is 4.74 Å². The van der Waals surface area contributed by atoms with Gasteiger partial charge in [0.1, 0.15) is 5.60 Å². The van der Waals surface area contributed by atoms with Crippen molar-refractivity contribution in [3.05, 3.63) is 0 Å². The van der Waals surface area contributed by atoms with Crippen molar-refractivity contribution in [3.8, 4) is 0 Å². The maximum Gasteiger partial charge on any atom is 0.407 e. The van der Waals surface area contributed by atoms with Crippen LogP contribution in [0, 0.1) is 11.8 Å². The van der Waals surface area contributed by atoms with Crippen molar-refractivity contribution in [1.82, 2.24) is 5.32 Å². The fourth-order valence-corrected chi connectivity index (χ4v) is 1.86. The van der Waals surface area contributed by atoms with Gasteiger partial charge in [0.2, 0.25) is 0 Å². The van der Waals surface area contributed by atoms with Crippen molar-refractivity contribution < 1.29 is 19.7 Å². The fourth-order valence-electron chi connectivity index (χ4n) is 0.949. The molecular formula is C17H38BrNO4. The summed E-state index contributed by atoms with van der Waals surface area (Å²) in [7, 11) is 0. The van der Waals surface area contributed by atoms with Gasteiger partial charge in [-0.3, -0.25) is 0 Å². The highest BCUT2D eigenvalue weighted by Gasteiger charge is 2.14. The van der Waals surface area contributed by atoms with Crippen LogP contribution in [0.3, 0.4) is 0 Å². The molecule has 6 heteroatoms. The van der Waals surface area contributed by atoms with E-state index in [-0.39, 0.29) is 13.2 Å². The minimum absolute atomic E-state index is 0.0702. The number of aliphatic hydroxyl groups is 2. The second kappa shape index (κ2) is 18.0. The summed E-state index contributed by atoms with van der Waals surface area (Å²) in [5.74, 6) is 1.50. The Morgan fingerprint density at radius 3 is 1.70 bits per heavy atom. The van der Waals surface area contributed by atoms with Crippen molar-refractivity contribution in [2.45, 2.75) is 66.9 Å². The first-order valence-electron chi connectivity index (χ1n) is 8.24. The summed E-state index contributed by atoms with van der Waals surface area (Å²) < 4.78 is 4.88. The number of hydrogen-bond donors (Lipinski definition) is 3. The van der Waals surface area contributed by atoms with Crippen LogP contribution in [0.25, 0.3) is 0 Å². The highest BCUT2D eigenvalue weighted by molar-refractivity contribution is 9.09.